The van der Waals surface area contributed by atoms with Crippen LogP contribution in [0.5, 0.6) is 5.88 Å². The van der Waals surface area contributed by atoms with Crippen LogP contribution < -0.4 is 10.1 Å². The molecule has 0 aliphatic heterocycles. The number of rotatable bonds is 7. The highest BCUT2D eigenvalue weighted by molar-refractivity contribution is 6.02. The van der Waals surface area contributed by atoms with E-state index < -0.39 is 23.0 Å². The van der Waals surface area contributed by atoms with Gasteiger partial charge < -0.3 is 10.1 Å². The summed E-state index contributed by atoms with van der Waals surface area (Å²) < 4.78 is 33.6. The molecule has 1 fully saturated rings. The van der Waals surface area contributed by atoms with Crippen LogP contribution in [-0.4, -0.2) is 38.1 Å². The van der Waals surface area contributed by atoms with Crippen molar-refractivity contribution in [3.8, 4) is 28.4 Å². The van der Waals surface area contributed by atoms with E-state index in [9.17, 15) is 13.6 Å². The van der Waals surface area contributed by atoms with Crippen LogP contribution >= 0.6 is 0 Å². The van der Waals surface area contributed by atoms with Gasteiger partial charge in [0, 0.05) is 34.6 Å². The summed E-state index contributed by atoms with van der Waals surface area (Å²) in [5.74, 6) is -1.51. The third-order valence-corrected chi connectivity index (χ3v) is 5.86. The minimum atomic E-state index is -1.09. The molecule has 1 saturated carbocycles. The van der Waals surface area contributed by atoms with Gasteiger partial charge in [0.25, 0.3) is 0 Å². The van der Waals surface area contributed by atoms with Crippen LogP contribution in [0.3, 0.4) is 0 Å². The first-order valence-corrected chi connectivity index (χ1v) is 10.7. The first-order chi connectivity index (χ1) is 16.5. The molecular formula is C24H20F2N6O2. The predicted molar refractivity (Wildman–Crippen MR) is 120 cm³/mol. The van der Waals surface area contributed by atoms with Crippen molar-refractivity contribution in [3.05, 3.63) is 71.9 Å². The SMILES string of the molecule is CCOc1ccc(-c2ccc(NC(=O)C3(c4cccc(F)c4F)CC3)cc2-c2nn[nH]n2)cn1. The van der Waals surface area contributed by atoms with Crippen molar-refractivity contribution < 1.29 is 18.3 Å². The summed E-state index contributed by atoms with van der Waals surface area (Å²) in [6.45, 7) is 2.39. The number of amides is 1. The molecule has 2 aromatic heterocycles. The largest absolute Gasteiger partial charge is 0.478 e. The number of benzene rings is 2. The Balaban J connectivity index is 1.47. The van der Waals surface area contributed by atoms with Crippen LogP contribution in [0.1, 0.15) is 25.3 Å². The van der Waals surface area contributed by atoms with Gasteiger partial charge in [-0.2, -0.15) is 5.21 Å². The van der Waals surface area contributed by atoms with E-state index in [-0.39, 0.29) is 5.56 Å². The molecule has 2 aromatic carbocycles. The summed E-state index contributed by atoms with van der Waals surface area (Å²) in [7, 11) is 0. The van der Waals surface area contributed by atoms with Gasteiger partial charge >= 0.3 is 0 Å². The minimum Gasteiger partial charge on any atom is -0.478 e. The molecule has 2 heterocycles. The molecule has 1 amide bonds. The average Bonchev–Trinajstić information content (AvgIpc) is 3.47. The lowest BCUT2D eigenvalue weighted by molar-refractivity contribution is -0.118. The molecule has 34 heavy (non-hydrogen) atoms. The molecular weight excluding hydrogens is 442 g/mol. The van der Waals surface area contributed by atoms with Gasteiger partial charge in [0.15, 0.2) is 11.6 Å². The maximum absolute atomic E-state index is 14.4. The summed E-state index contributed by atoms with van der Waals surface area (Å²) in [5.41, 5.74) is 1.63. The van der Waals surface area contributed by atoms with Crippen LogP contribution in [0.15, 0.2) is 54.7 Å². The minimum absolute atomic E-state index is 0.0699. The van der Waals surface area contributed by atoms with Crippen molar-refractivity contribution in [2.24, 2.45) is 0 Å². The number of ether oxygens (including phenoxy) is 1. The van der Waals surface area contributed by atoms with E-state index in [0.717, 1.165) is 17.2 Å². The Morgan fingerprint density at radius 3 is 2.68 bits per heavy atom. The summed E-state index contributed by atoms with van der Waals surface area (Å²) in [6, 6.07) is 12.8. The Labute approximate surface area is 193 Å². The highest BCUT2D eigenvalue weighted by Gasteiger charge is 2.53. The Bertz CT molecular complexity index is 1340. The molecule has 172 valence electrons. The molecule has 0 saturated heterocycles. The quantitative estimate of drug-likeness (QED) is 0.425. The molecule has 0 atom stereocenters. The lowest BCUT2D eigenvalue weighted by atomic mass is 9.93. The highest BCUT2D eigenvalue weighted by atomic mass is 19.2. The molecule has 8 nitrogen and oxygen atoms in total. The summed E-state index contributed by atoms with van der Waals surface area (Å²) in [5, 5.41) is 17.1. The van der Waals surface area contributed by atoms with E-state index in [1.807, 2.05) is 13.0 Å². The molecule has 2 N–H and O–H groups in total. The predicted octanol–water partition coefficient (Wildman–Crippen LogP) is 4.28. The number of pyridine rings is 1. The fourth-order valence-corrected chi connectivity index (χ4v) is 3.98. The van der Waals surface area contributed by atoms with Crippen molar-refractivity contribution in [3.63, 3.8) is 0 Å². The van der Waals surface area contributed by atoms with Crippen LogP contribution in [0.4, 0.5) is 14.5 Å². The van der Waals surface area contributed by atoms with Gasteiger partial charge in [-0.25, -0.2) is 13.8 Å². The number of hydrogen-bond donors (Lipinski definition) is 2. The third kappa shape index (κ3) is 3.87. The first-order valence-electron chi connectivity index (χ1n) is 10.7. The van der Waals surface area contributed by atoms with Gasteiger partial charge in [-0.15, -0.1) is 10.2 Å². The van der Waals surface area contributed by atoms with Crippen LogP contribution in [0, 0.1) is 11.6 Å². The van der Waals surface area contributed by atoms with Gasteiger partial charge in [0.05, 0.1) is 12.0 Å². The van der Waals surface area contributed by atoms with Crippen molar-refractivity contribution in [2.75, 3.05) is 11.9 Å². The second-order valence-corrected chi connectivity index (χ2v) is 7.95. The monoisotopic (exact) mass is 462 g/mol. The number of aromatic nitrogens is 5. The normalized spacial score (nSPS) is 14.0. The summed E-state index contributed by atoms with van der Waals surface area (Å²) in [4.78, 5) is 17.4. The molecule has 1 aliphatic rings. The zero-order chi connectivity index (χ0) is 23.7. The summed E-state index contributed by atoms with van der Waals surface area (Å²) in [6.07, 6.45) is 2.55. The Kier molecular flexibility index (Phi) is 5.48. The van der Waals surface area contributed by atoms with Gasteiger partial charge in [0.2, 0.25) is 17.6 Å². The van der Waals surface area contributed by atoms with E-state index in [2.05, 4.69) is 30.9 Å². The van der Waals surface area contributed by atoms with E-state index in [1.54, 1.807) is 30.5 Å². The number of nitrogens with zero attached hydrogens (tertiary/aromatic N) is 4. The van der Waals surface area contributed by atoms with Crippen molar-refractivity contribution in [1.29, 1.82) is 0 Å². The number of carbonyl (C=O) groups is 1. The van der Waals surface area contributed by atoms with Gasteiger partial charge in [-0.3, -0.25) is 4.79 Å². The van der Waals surface area contributed by atoms with Crippen molar-refractivity contribution in [2.45, 2.75) is 25.2 Å². The van der Waals surface area contributed by atoms with Gasteiger partial charge in [-0.05, 0) is 54.8 Å². The second-order valence-electron chi connectivity index (χ2n) is 7.95. The van der Waals surface area contributed by atoms with E-state index in [4.69, 9.17) is 4.74 Å². The molecule has 0 radical (unpaired) electrons. The van der Waals surface area contributed by atoms with Gasteiger partial charge in [0.1, 0.15) is 0 Å². The topological polar surface area (TPSA) is 106 Å². The molecule has 0 unspecified atom stereocenters. The van der Waals surface area contributed by atoms with Crippen molar-refractivity contribution in [1.82, 2.24) is 25.6 Å². The number of anilines is 1. The van der Waals surface area contributed by atoms with Gasteiger partial charge in [-0.1, -0.05) is 18.2 Å². The molecule has 0 bridgehead atoms. The second kappa shape index (κ2) is 8.62. The number of carbonyl (C=O) groups excluding carboxylic acids is 1. The zero-order valence-corrected chi connectivity index (χ0v) is 18.2. The summed E-state index contributed by atoms with van der Waals surface area (Å²) >= 11 is 0. The van der Waals surface area contributed by atoms with E-state index >= 15 is 0 Å². The maximum Gasteiger partial charge on any atom is 0.235 e. The number of nitrogens with one attached hydrogen (secondary N) is 2. The van der Waals surface area contributed by atoms with Crippen LogP contribution in [0.2, 0.25) is 0 Å². The molecule has 4 aromatic rings. The third-order valence-electron chi connectivity index (χ3n) is 5.86. The lowest BCUT2D eigenvalue weighted by Crippen LogP contribution is -2.29. The van der Waals surface area contributed by atoms with Crippen molar-refractivity contribution >= 4 is 11.6 Å². The number of tetrazole rings is 1. The smallest absolute Gasteiger partial charge is 0.235 e. The lowest BCUT2D eigenvalue weighted by Gasteiger charge is -2.18. The Morgan fingerprint density at radius 2 is 2.00 bits per heavy atom. The Morgan fingerprint density at radius 1 is 1.15 bits per heavy atom. The number of H-pyrrole nitrogens is 1. The highest BCUT2D eigenvalue weighted by Crippen LogP contribution is 2.50. The number of halogens is 2. The average molecular weight is 462 g/mol. The van der Waals surface area contributed by atoms with E-state index in [1.165, 1.54) is 12.1 Å². The zero-order valence-electron chi connectivity index (χ0n) is 18.2. The number of hydrogen-bond acceptors (Lipinski definition) is 6. The Hall–Kier alpha value is -4.21. The fourth-order valence-electron chi connectivity index (χ4n) is 3.98. The first kappa shape index (κ1) is 21.6. The fraction of sp³-hybridized carbons (Fsp3) is 0.208. The molecule has 0 spiro atoms. The standard InChI is InChI=1S/C24H20F2N6O2/c1-2-34-20-9-6-14(13-27-20)16-8-7-15(12-17(16)22-29-31-32-30-22)28-23(33)24(10-11-24)18-4-3-5-19(25)21(18)26/h3-9,12-13H,2,10-11H2,1H3,(H,28,33)(H,29,30,31,32). The maximum atomic E-state index is 14.4. The molecule has 10 heteroatoms. The van der Waals surface area contributed by atoms with Crippen LogP contribution in [-0.2, 0) is 10.2 Å². The molecule has 5 rings (SSSR count). The van der Waals surface area contributed by atoms with Crippen LogP contribution in [0.25, 0.3) is 22.5 Å². The number of aromatic amines is 1. The molecule has 1 aliphatic carbocycles. The van der Waals surface area contributed by atoms with E-state index in [0.29, 0.717) is 42.4 Å².